The van der Waals surface area contributed by atoms with E-state index in [0.717, 1.165) is 22.4 Å². The molecule has 0 aliphatic heterocycles. The Morgan fingerprint density at radius 2 is 1.55 bits per heavy atom. The Balaban J connectivity index is 1.24. The molecule has 0 fully saturated rings. The number of nitrogens with zero attached hydrogens (tertiary/aromatic N) is 1. The van der Waals surface area contributed by atoms with Gasteiger partial charge < -0.3 is 15.6 Å². The Kier molecular flexibility index (Phi) is 5.64. The summed E-state index contributed by atoms with van der Waals surface area (Å²) in [6.45, 7) is 0. The monoisotopic (exact) mass is 472 g/mol. The number of halogens is 1. The van der Waals surface area contributed by atoms with Crippen LogP contribution in [0.4, 0.5) is 11.4 Å². The van der Waals surface area contributed by atoms with Crippen molar-refractivity contribution in [1.82, 2.24) is 9.97 Å². The highest BCUT2D eigenvalue weighted by Gasteiger charge is 2.10. The van der Waals surface area contributed by atoms with Crippen LogP contribution in [0.25, 0.3) is 22.4 Å². The second-order valence-corrected chi connectivity index (χ2v) is 8.67. The van der Waals surface area contributed by atoms with Crippen LogP contribution in [0.1, 0.15) is 20.0 Å². The number of thiophene rings is 1. The van der Waals surface area contributed by atoms with Crippen molar-refractivity contribution in [3.05, 3.63) is 99.7 Å². The lowest BCUT2D eigenvalue weighted by Crippen LogP contribution is -2.13. The highest BCUT2D eigenvalue weighted by Crippen LogP contribution is 2.24. The third-order valence-corrected chi connectivity index (χ3v) is 6.11. The van der Waals surface area contributed by atoms with Crippen molar-refractivity contribution in [1.29, 1.82) is 0 Å². The summed E-state index contributed by atoms with van der Waals surface area (Å²) in [7, 11) is 0. The zero-order valence-electron chi connectivity index (χ0n) is 17.1. The fourth-order valence-electron chi connectivity index (χ4n) is 3.34. The molecule has 0 saturated heterocycles. The molecular formula is C25H17ClN4O2S. The smallest absolute Gasteiger partial charge is 0.265 e. The molecule has 5 rings (SSSR count). The number of fused-ring (bicyclic) bond motifs is 1. The van der Waals surface area contributed by atoms with Crippen LogP contribution in [-0.2, 0) is 0 Å². The fourth-order valence-corrected chi connectivity index (χ4v) is 4.13. The normalized spacial score (nSPS) is 10.8. The molecule has 2 heterocycles. The van der Waals surface area contributed by atoms with E-state index in [9.17, 15) is 9.59 Å². The number of aromatic amines is 1. The number of amides is 2. The van der Waals surface area contributed by atoms with E-state index in [1.807, 2.05) is 47.8 Å². The summed E-state index contributed by atoms with van der Waals surface area (Å²) in [6, 6.07) is 23.3. The number of H-pyrrole nitrogens is 1. The molecule has 33 heavy (non-hydrogen) atoms. The summed E-state index contributed by atoms with van der Waals surface area (Å²) >= 11 is 7.41. The van der Waals surface area contributed by atoms with Crippen LogP contribution in [0.5, 0.6) is 0 Å². The highest BCUT2D eigenvalue weighted by atomic mass is 35.5. The first kappa shape index (κ1) is 20.9. The van der Waals surface area contributed by atoms with Crippen LogP contribution in [0, 0.1) is 0 Å². The number of nitrogens with one attached hydrogen (secondary N) is 3. The molecule has 0 unspecified atom stereocenters. The minimum absolute atomic E-state index is 0.171. The molecule has 0 aliphatic rings. The van der Waals surface area contributed by atoms with E-state index in [1.54, 1.807) is 36.4 Å². The van der Waals surface area contributed by atoms with Gasteiger partial charge in [-0.15, -0.1) is 11.3 Å². The van der Waals surface area contributed by atoms with Crippen molar-refractivity contribution >= 4 is 57.2 Å². The van der Waals surface area contributed by atoms with Gasteiger partial charge in [0.05, 0.1) is 15.9 Å². The molecule has 2 amide bonds. The van der Waals surface area contributed by atoms with Crippen molar-refractivity contribution in [2.24, 2.45) is 0 Å². The minimum Gasteiger partial charge on any atom is -0.338 e. The van der Waals surface area contributed by atoms with Crippen molar-refractivity contribution in [2.45, 2.75) is 0 Å². The molecule has 0 atom stereocenters. The first-order chi connectivity index (χ1) is 16.0. The van der Waals surface area contributed by atoms with Crippen molar-refractivity contribution < 1.29 is 9.59 Å². The molecule has 3 aromatic carbocycles. The first-order valence-electron chi connectivity index (χ1n) is 10.1. The number of aromatic nitrogens is 2. The van der Waals surface area contributed by atoms with Crippen LogP contribution >= 0.6 is 22.9 Å². The van der Waals surface area contributed by atoms with Crippen LogP contribution < -0.4 is 10.6 Å². The average molecular weight is 473 g/mol. The second kappa shape index (κ2) is 8.90. The SMILES string of the molecule is O=C(Nc1ccc(-c2nc3ccc(Cl)cc3[nH]2)cc1)c1ccc(NC(=O)c2cccs2)cc1. The maximum Gasteiger partial charge on any atom is 0.265 e. The van der Waals surface area contributed by atoms with E-state index in [1.165, 1.54) is 11.3 Å². The molecule has 0 aliphatic carbocycles. The van der Waals surface area contributed by atoms with Crippen LogP contribution in [0.2, 0.25) is 5.02 Å². The molecule has 8 heteroatoms. The number of hydrogen-bond acceptors (Lipinski definition) is 4. The lowest BCUT2D eigenvalue weighted by Gasteiger charge is -2.08. The summed E-state index contributed by atoms with van der Waals surface area (Å²) in [4.78, 5) is 33.2. The number of anilines is 2. The van der Waals surface area contributed by atoms with E-state index < -0.39 is 0 Å². The number of hydrogen-bond donors (Lipinski definition) is 3. The summed E-state index contributed by atoms with van der Waals surface area (Å²) in [5, 5.41) is 8.19. The predicted octanol–water partition coefficient (Wildman–Crippen LogP) is 6.45. The zero-order valence-corrected chi connectivity index (χ0v) is 18.7. The molecular weight excluding hydrogens is 456 g/mol. The molecule has 0 bridgehead atoms. The zero-order chi connectivity index (χ0) is 22.8. The van der Waals surface area contributed by atoms with Gasteiger partial charge in [0.2, 0.25) is 0 Å². The molecule has 0 radical (unpaired) electrons. The second-order valence-electron chi connectivity index (χ2n) is 7.29. The highest BCUT2D eigenvalue weighted by molar-refractivity contribution is 7.12. The fraction of sp³-hybridized carbons (Fsp3) is 0. The van der Waals surface area contributed by atoms with E-state index in [4.69, 9.17) is 11.6 Å². The quantitative estimate of drug-likeness (QED) is 0.274. The van der Waals surface area contributed by atoms with Crippen molar-refractivity contribution in [2.75, 3.05) is 10.6 Å². The number of carbonyl (C=O) groups excluding carboxylic acids is 2. The number of carbonyl (C=O) groups is 2. The van der Waals surface area contributed by atoms with Gasteiger partial charge in [-0.3, -0.25) is 9.59 Å². The topological polar surface area (TPSA) is 86.9 Å². The van der Waals surface area contributed by atoms with Gasteiger partial charge in [0.25, 0.3) is 11.8 Å². The molecule has 0 spiro atoms. The molecule has 3 N–H and O–H groups in total. The maximum atomic E-state index is 12.6. The summed E-state index contributed by atoms with van der Waals surface area (Å²) in [5.41, 5.74) is 4.37. The van der Waals surface area contributed by atoms with Gasteiger partial charge in [0.1, 0.15) is 5.82 Å². The molecule has 0 saturated carbocycles. The lowest BCUT2D eigenvalue weighted by molar-refractivity contribution is 0.102. The van der Waals surface area contributed by atoms with Crippen LogP contribution in [0.3, 0.4) is 0 Å². The van der Waals surface area contributed by atoms with E-state index in [2.05, 4.69) is 20.6 Å². The Hall–Kier alpha value is -3.94. The van der Waals surface area contributed by atoms with Crippen molar-refractivity contribution in [3.8, 4) is 11.4 Å². The van der Waals surface area contributed by atoms with Crippen LogP contribution in [0.15, 0.2) is 84.2 Å². The van der Waals surface area contributed by atoms with Gasteiger partial charge in [-0.05, 0) is 78.2 Å². The van der Waals surface area contributed by atoms with Gasteiger partial charge in [-0.25, -0.2) is 4.98 Å². The van der Waals surface area contributed by atoms with E-state index >= 15 is 0 Å². The third kappa shape index (κ3) is 4.64. The van der Waals surface area contributed by atoms with Gasteiger partial charge in [0, 0.05) is 27.5 Å². The van der Waals surface area contributed by atoms with Gasteiger partial charge in [-0.2, -0.15) is 0 Å². The summed E-state index contributed by atoms with van der Waals surface area (Å²) in [5.74, 6) is 0.317. The number of imidazole rings is 1. The minimum atomic E-state index is -0.239. The van der Waals surface area contributed by atoms with Gasteiger partial charge >= 0.3 is 0 Å². The summed E-state index contributed by atoms with van der Waals surface area (Å²) in [6.07, 6.45) is 0. The Bertz CT molecular complexity index is 1440. The van der Waals surface area contributed by atoms with Gasteiger partial charge in [-0.1, -0.05) is 17.7 Å². The average Bonchev–Trinajstić information content (AvgIpc) is 3.50. The van der Waals surface area contributed by atoms with E-state index in [0.29, 0.717) is 26.8 Å². The standard InChI is InChI=1S/C25H17ClN4O2S/c26-17-7-12-20-21(14-17)30-23(29-20)15-3-8-18(9-4-15)27-24(31)16-5-10-19(11-6-16)28-25(32)22-2-1-13-33-22/h1-14H,(H,27,31)(H,28,32)(H,29,30). The van der Waals surface area contributed by atoms with E-state index in [-0.39, 0.29) is 11.8 Å². The lowest BCUT2D eigenvalue weighted by atomic mass is 10.1. The summed E-state index contributed by atoms with van der Waals surface area (Å²) < 4.78 is 0. The van der Waals surface area contributed by atoms with Crippen molar-refractivity contribution in [3.63, 3.8) is 0 Å². The number of rotatable bonds is 5. The predicted molar refractivity (Wildman–Crippen MR) is 133 cm³/mol. The molecule has 5 aromatic rings. The molecule has 6 nitrogen and oxygen atoms in total. The molecule has 2 aromatic heterocycles. The largest absolute Gasteiger partial charge is 0.338 e. The Morgan fingerprint density at radius 1 is 0.848 bits per heavy atom. The maximum absolute atomic E-state index is 12.6. The Morgan fingerprint density at radius 3 is 2.24 bits per heavy atom. The Labute approximate surface area is 198 Å². The third-order valence-electron chi connectivity index (χ3n) is 5.01. The molecule has 162 valence electrons. The van der Waals surface area contributed by atoms with Crippen LogP contribution in [-0.4, -0.2) is 21.8 Å². The first-order valence-corrected chi connectivity index (χ1v) is 11.3. The van der Waals surface area contributed by atoms with Gasteiger partial charge in [0.15, 0.2) is 0 Å². The number of benzene rings is 3.